The van der Waals surface area contributed by atoms with Crippen molar-refractivity contribution in [2.45, 2.75) is 0 Å². The molecule has 0 unspecified atom stereocenters. The van der Waals surface area contributed by atoms with Crippen molar-refractivity contribution in [3.05, 3.63) is 52.9 Å². The molecule has 1 amide bonds. The summed E-state index contributed by atoms with van der Waals surface area (Å²) in [6.07, 6.45) is 1.63. The molecule has 3 rings (SSSR count). The van der Waals surface area contributed by atoms with Gasteiger partial charge in [-0.3, -0.25) is 4.79 Å². The third-order valence-corrected chi connectivity index (χ3v) is 3.83. The average Bonchev–Trinajstić information content (AvgIpc) is 2.98. The van der Waals surface area contributed by atoms with Crippen LogP contribution in [0.3, 0.4) is 0 Å². The van der Waals surface area contributed by atoms with Crippen LogP contribution in [-0.2, 0) is 4.79 Å². The molecule has 0 spiro atoms. The van der Waals surface area contributed by atoms with Gasteiger partial charge in [0.15, 0.2) is 0 Å². The van der Waals surface area contributed by atoms with E-state index in [1.165, 1.54) is 23.9 Å². The largest absolute Gasteiger partial charge is 0.457 e. The highest BCUT2D eigenvalue weighted by atomic mass is 32.2. The molecule has 0 saturated carbocycles. The van der Waals surface area contributed by atoms with Gasteiger partial charge in [0, 0.05) is 11.6 Å². The van der Waals surface area contributed by atoms with Crippen LogP contribution < -0.4 is 5.32 Å². The van der Waals surface area contributed by atoms with Crippen molar-refractivity contribution in [2.75, 3.05) is 0 Å². The summed E-state index contributed by atoms with van der Waals surface area (Å²) in [5, 5.41) is 2.54. The molecule has 1 aromatic carbocycles. The second-order valence-corrected chi connectivity index (χ2v) is 5.78. The van der Waals surface area contributed by atoms with E-state index in [9.17, 15) is 9.18 Å². The summed E-state index contributed by atoms with van der Waals surface area (Å²) in [6.45, 7) is 0. The molecule has 2 heterocycles. The van der Waals surface area contributed by atoms with E-state index >= 15 is 0 Å². The minimum atomic E-state index is -0.296. The van der Waals surface area contributed by atoms with Crippen LogP contribution in [0.1, 0.15) is 5.76 Å². The zero-order valence-electron chi connectivity index (χ0n) is 10.1. The van der Waals surface area contributed by atoms with Gasteiger partial charge in [-0.2, -0.15) is 0 Å². The van der Waals surface area contributed by atoms with Crippen molar-refractivity contribution in [1.82, 2.24) is 5.32 Å². The number of hydrogen-bond donors (Lipinski definition) is 1. The van der Waals surface area contributed by atoms with Gasteiger partial charge in [-0.25, -0.2) is 4.39 Å². The van der Waals surface area contributed by atoms with E-state index in [1.54, 1.807) is 30.3 Å². The van der Waals surface area contributed by atoms with Crippen LogP contribution in [0.2, 0.25) is 0 Å². The maximum atomic E-state index is 12.9. The third-order valence-electron chi connectivity index (χ3n) is 2.67. The van der Waals surface area contributed by atoms with Gasteiger partial charge in [-0.1, -0.05) is 24.0 Å². The summed E-state index contributed by atoms with van der Waals surface area (Å²) in [7, 11) is 0. The molecular formula is C14H8FNO2S2. The topological polar surface area (TPSA) is 42.2 Å². The van der Waals surface area contributed by atoms with Gasteiger partial charge < -0.3 is 9.73 Å². The van der Waals surface area contributed by atoms with Gasteiger partial charge in [0.1, 0.15) is 21.7 Å². The predicted octanol–water partition coefficient (Wildman–Crippen LogP) is 3.57. The normalized spacial score (nSPS) is 16.8. The molecule has 1 aromatic heterocycles. The Morgan fingerprint density at radius 2 is 1.95 bits per heavy atom. The van der Waals surface area contributed by atoms with Gasteiger partial charge in [0.25, 0.3) is 5.91 Å². The van der Waals surface area contributed by atoms with Crippen molar-refractivity contribution < 1.29 is 13.6 Å². The first-order valence-electron chi connectivity index (χ1n) is 5.72. The molecule has 3 nitrogen and oxygen atoms in total. The molecule has 1 N–H and O–H groups in total. The number of thiocarbonyl (C=S) groups is 1. The van der Waals surface area contributed by atoms with Crippen molar-refractivity contribution in [2.24, 2.45) is 0 Å². The fraction of sp³-hybridized carbons (Fsp3) is 0. The Bertz CT molecular complexity index is 719. The molecular weight excluding hydrogens is 297 g/mol. The number of thioether (sulfide) groups is 1. The van der Waals surface area contributed by atoms with Crippen LogP contribution in [0.25, 0.3) is 17.4 Å². The number of rotatable bonds is 2. The molecule has 1 fully saturated rings. The number of nitrogens with one attached hydrogen (secondary N) is 1. The molecule has 1 aliphatic rings. The molecule has 1 saturated heterocycles. The molecule has 0 radical (unpaired) electrons. The number of furan rings is 1. The molecule has 0 bridgehead atoms. The van der Waals surface area contributed by atoms with Crippen LogP contribution in [0.5, 0.6) is 0 Å². The average molecular weight is 305 g/mol. The Balaban J connectivity index is 1.87. The molecule has 100 valence electrons. The van der Waals surface area contributed by atoms with Gasteiger partial charge >= 0.3 is 0 Å². The van der Waals surface area contributed by atoms with Gasteiger partial charge in [0.05, 0.1) is 4.91 Å². The SMILES string of the molecule is O=C1NC(=S)S/C1=C/c1ccc(-c2ccc(F)cc2)o1. The van der Waals surface area contributed by atoms with E-state index < -0.39 is 0 Å². The number of carbonyl (C=O) groups is 1. The summed E-state index contributed by atoms with van der Waals surface area (Å²) in [4.78, 5) is 12.0. The zero-order chi connectivity index (χ0) is 14.1. The highest BCUT2D eigenvalue weighted by Crippen LogP contribution is 2.28. The molecule has 0 atom stereocenters. The van der Waals surface area contributed by atoms with Crippen molar-refractivity contribution in [1.29, 1.82) is 0 Å². The second kappa shape index (κ2) is 5.22. The van der Waals surface area contributed by atoms with Crippen LogP contribution >= 0.6 is 24.0 Å². The Labute approximate surface area is 123 Å². The lowest BCUT2D eigenvalue weighted by atomic mass is 10.2. The van der Waals surface area contributed by atoms with Crippen LogP contribution in [0.4, 0.5) is 4.39 Å². The highest BCUT2D eigenvalue weighted by Gasteiger charge is 2.22. The lowest BCUT2D eigenvalue weighted by Gasteiger charge is -1.96. The third kappa shape index (κ3) is 2.66. The summed E-state index contributed by atoms with van der Waals surface area (Å²) in [5.74, 6) is 0.643. The molecule has 20 heavy (non-hydrogen) atoms. The summed E-state index contributed by atoms with van der Waals surface area (Å²) >= 11 is 6.11. The Morgan fingerprint density at radius 1 is 1.20 bits per heavy atom. The monoisotopic (exact) mass is 305 g/mol. The van der Waals surface area contributed by atoms with Gasteiger partial charge in [-0.05, 0) is 36.4 Å². The fourth-order valence-electron chi connectivity index (χ4n) is 1.75. The lowest BCUT2D eigenvalue weighted by Crippen LogP contribution is -2.17. The predicted molar refractivity (Wildman–Crippen MR) is 80.4 cm³/mol. The Kier molecular flexibility index (Phi) is 3.42. The maximum Gasteiger partial charge on any atom is 0.263 e. The van der Waals surface area contributed by atoms with Crippen molar-refractivity contribution >= 4 is 40.3 Å². The van der Waals surface area contributed by atoms with Gasteiger partial charge in [-0.15, -0.1) is 0 Å². The van der Waals surface area contributed by atoms with E-state index in [-0.39, 0.29) is 11.7 Å². The smallest absolute Gasteiger partial charge is 0.263 e. The maximum absolute atomic E-state index is 12.9. The van der Waals surface area contributed by atoms with E-state index in [0.717, 1.165) is 5.56 Å². The van der Waals surface area contributed by atoms with Crippen LogP contribution in [-0.4, -0.2) is 10.2 Å². The quantitative estimate of drug-likeness (QED) is 0.680. The standard InChI is InChI=1S/C14H8FNO2S2/c15-9-3-1-8(2-4-9)11-6-5-10(18-11)7-12-13(17)16-14(19)20-12/h1-7H,(H,16,17,19)/b12-7+. The van der Waals surface area contributed by atoms with Crippen molar-refractivity contribution in [3.8, 4) is 11.3 Å². The first-order valence-corrected chi connectivity index (χ1v) is 6.95. The molecule has 0 aliphatic carbocycles. The Hall–Kier alpha value is -1.92. The number of amides is 1. The van der Waals surface area contributed by atoms with Gasteiger partial charge in [0.2, 0.25) is 0 Å². The molecule has 6 heteroatoms. The van der Waals surface area contributed by atoms with E-state index in [0.29, 0.717) is 20.7 Å². The highest BCUT2D eigenvalue weighted by molar-refractivity contribution is 8.26. The minimum absolute atomic E-state index is 0.222. The van der Waals surface area contributed by atoms with Crippen LogP contribution in [0, 0.1) is 5.82 Å². The minimum Gasteiger partial charge on any atom is -0.457 e. The number of carbonyl (C=O) groups excluding carboxylic acids is 1. The van der Waals surface area contributed by atoms with Crippen LogP contribution in [0.15, 0.2) is 45.7 Å². The summed E-state index contributed by atoms with van der Waals surface area (Å²) in [6, 6.07) is 9.54. The lowest BCUT2D eigenvalue weighted by molar-refractivity contribution is -0.115. The number of benzene rings is 1. The Morgan fingerprint density at radius 3 is 2.60 bits per heavy atom. The van der Waals surface area contributed by atoms with Crippen molar-refractivity contribution in [3.63, 3.8) is 0 Å². The van der Waals surface area contributed by atoms with E-state index in [1.807, 2.05) is 0 Å². The second-order valence-electron chi connectivity index (χ2n) is 4.06. The van der Waals surface area contributed by atoms with E-state index in [4.69, 9.17) is 16.6 Å². The van der Waals surface area contributed by atoms with E-state index in [2.05, 4.69) is 5.32 Å². The first kappa shape index (κ1) is 13.1. The zero-order valence-corrected chi connectivity index (χ0v) is 11.7. The summed E-state index contributed by atoms with van der Waals surface area (Å²) in [5.41, 5.74) is 0.773. The molecule has 1 aliphatic heterocycles. The fourth-order valence-corrected chi connectivity index (χ4v) is 2.77. The number of halogens is 1. The number of hydrogen-bond acceptors (Lipinski definition) is 4. The first-order chi connectivity index (χ1) is 9.61. The summed E-state index contributed by atoms with van der Waals surface area (Å²) < 4.78 is 18.9. The molecule has 2 aromatic rings.